The number of fused-ring (bicyclic) bond motifs is 1. The van der Waals surface area contributed by atoms with Crippen molar-refractivity contribution in [2.75, 3.05) is 25.5 Å². The number of aromatic hydroxyl groups is 1. The number of methoxy groups -OCH3 is 1. The van der Waals surface area contributed by atoms with Crippen molar-refractivity contribution in [1.82, 2.24) is 4.90 Å². The fourth-order valence-corrected chi connectivity index (χ4v) is 8.54. The zero-order chi connectivity index (χ0) is 26.1. The first-order chi connectivity index (χ1) is 17.7. The SMILES string of the molecule is COc1c(O)ccc2c1[C@]13CCN(CC4CC4)[C@H](C2)[C@]1(O)CC(C(=O)Nc1ccc(C)cc1)=C(O)C3I. The Hall–Kier alpha value is -2.30. The van der Waals surface area contributed by atoms with Crippen LogP contribution in [-0.2, 0) is 16.6 Å². The number of aliphatic hydroxyl groups excluding tert-OH is 1. The molecular weight excluding hydrogens is 583 g/mol. The number of phenolic OH excluding ortho intramolecular Hbond substituents is 1. The van der Waals surface area contributed by atoms with Gasteiger partial charge >= 0.3 is 0 Å². The lowest BCUT2D eigenvalue weighted by Crippen LogP contribution is -2.75. The number of allylic oxidation sites excluding steroid dienone is 1. The van der Waals surface area contributed by atoms with Crippen molar-refractivity contribution in [2.24, 2.45) is 5.92 Å². The van der Waals surface area contributed by atoms with E-state index in [4.69, 9.17) is 4.74 Å². The highest BCUT2D eigenvalue weighted by Gasteiger charge is 2.69. The lowest BCUT2D eigenvalue weighted by Gasteiger charge is -2.65. The molecule has 0 spiro atoms. The predicted molar refractivity (Wildman–Crippen MR) is 150 cm³/mol. The Kier molecular flexibility index (Phi) is 6.00. The van der Waals surface area contributed by atoms with E-state index in [0.29, 0.717) is 30.2 Å². The van der Waals surface area contributed by atoms with E-state index < -0.39 is 20.8 Å². The van der Waals surface area contributed by atoms with Crippen LogP contribution in [0.15, 0.2) is 47.7 Å². The number of anilines is 1. The zero-order valence-corrected chi connectivity index (χ0v) is 23.3. The molecule has 0 aromatic heterocycles. The fourth-order valence-electron chi connectivity index (χ4n) is 7.00. The molecule has 1 saturated heterocycles. The number of phenols is 1. The second-order valence-electron chi connectivity index (χ2n) is 11.2. The molecule has 1 aliphatic heterocycles. The first-order valence-electron chi connectivity index (χ1n) is 13.0. The molecule has 37 heavy (non-hydrogen) atoms. The summed E-state index contributed by atoms with van der Waals surface area (Å²) in [5.74, 6) is 0.618. The highest BCUT2D eigenvalue weighted by atomic mass is 127. The number of alkyl halides is 1. The molecule has 4 aliphatic rings. The number of carbonyl (C=O) groups excluding carboxylic acids is 1. The van der Waals surface area contributed by atoms with Crippen LogP contribution in [-0.4, -0.2) is 61.9 Å². The third kappa shape index (κ3) is 3.70. The first-order valence-corrected chi connectivity index (χ1v) is 14.2. The maximum absolute atomic E-state index is 13.5. The van der Waals surface area contributed by atoms with Crippen molar-refractivity contribution < 1.29 is 24.9 Å². The molecule has 2 aromatic rings. The summed E-state index contributed by atoms with van der Waals surface area (Å²) in [4.78, 5) is 15.9. The second kappa shape index (κ2) is 8.88. The van der Waals surface area contributed by atoms with Crippen LogP contribution in [0.2, 0.25) is 0 Å². The molecule has 8 heteroatoms. The van der Waals surface area contributed by atoms with Crippen molar-refractivity contribution >= 4 is 34.2 Å². The normalized spacial score (nSPS) is 30.9. The molecule has 2 aromatic carbocycles. The van der Waals surface area contributed by atoms with Gasteiger partial charge in [-0.2, -0.15) is 0 Å². The Morgan fingerprint density at radius 3 is 2.59 bits per heavy atom. The van der Waals surface area contributed by atoms with E-state index in [9.17, 15) is 20.1 Å². The van der Waals surface area contributed by atoms with Crippen LogP contribution >= 0.6 is 22.6 Å². The van der Waals surface area contributed by atoms with Gasteiger partial charge in [0.15, 0.2) is 11.5 Å². The number of nitrogens with zero attached hydrogens (tertiary/aromatic N) is 1. The van der Waals surface area contributed by atoms with Crippen molar-refractivity contribution in [1.29, 1.82) is 0 Å². The summed E-state index contributed by atoms with van der Waals surface area (Å²) >= 11 is 2.19. The molecule has 7 nitrogen and oxygen atoms in total. The fraction of sp³-hybridized carbons (Fsp3) is 0.483. The smallest absolute Gasteiger partial charge is 0.255 e. The molecule has 196 valence electrons. The van der Waals surface area contributed by atoms with E-state index in [0.717, 1.165) is 29.8 Å². The summed E-state index contributed by atoms with van der Waals surface area (Å²) in [6.07, 6.45) is 3.63. The van der Waals surface area contributed by atoms with Gasteiger partial charge in [0.25, 0.3) is 5.91 Å². The number of rotatable bonds is 5. The van der Waals surface area contributed by atoms with Crippen molar-refractivity contribution in [3.05, 3.63) is 64.4 Å². The number of carbonyl (C=O) groups is 1. The number of likely N-dealkylation sites (tertiary alicyclic amines) is 1. The minimum atomic E-state index is -1.33. The van der Waals surface area contributed by atoms with Gasteiger partial charge in [-0.25, -0.2) is 0 Å². The van der Waals surface area contributed by atoms with Crippen LogP contribution in [0.25, 0.3) is 0 Å². The summed E-state index contributed by atoms with van der Waals surface area (Å²) in [5.41, 5.74) is 1.50. The second-order valence-corrected chi connectivity index (χ2v) is 12.4. The van der Waals surface area contributed by atoms with E-state index >= 15 is 0 Å². The summed E-state index contributed by atoms with van der Waals surface area (Å²) in [6, 6.07) is 10.9. The van der Waals surface area contributed by atoms with Gasteiger partial charge in [-0.15, -0.1) is 0 Å². The summed E-state index contributed by atoms with van der Waals surface area (Å²) in [6.45, 7) is 3.69. The number of ether oxygens (including phenoxy) is 1. The Balaban J connectivity index is 1.48. The van der Waals surface area contributed by atoms with Gasteiger partial charge in [-0.05, 0) is 68.8 Å². The van der Waals surface area contributed by atoms with E-state index in [2.05, 4.69) is 32.8 Å². The zero-order valence-electron chi connectivity index (χ0n) is 21.1. The molecule has 1 unspecified atom stereocenters. The quantitative estimate of drug-likeness (QED) is 0.294. The number of nitrogens with one attached hydrogen (secondary N) is 1. The van der Waals surface area contributed by atoms with Gasteiger partial charge in [0.1, 0.15) is 5.76 Å². The average Bonchev–Trinajstić information content (AvgIpc) is 3.69. The number of hydrogen-bond donors (Lipinski definition) is 4. The first kappa shape index (κ1) is 25.0. The Bertz CT molecular complexity index is 1290. The Morgan fingerprint density at radius 2 is 1.92 bits per heavy atom. The number of aliphatic hydroxyl groups is 2. The highest BCUT2D eigenvalue weighted by Crippen LogP contribution is 2.63. The molecule has 0 radical (unpaired) electrons. The molecule has 2 bridgehead atoms. The molecule has 1 saturated carbocycles. The molecule has 1 heterocycles. The van der Waals surface area contributed by atoms with Gasteiger partial charge in [-0.3, -0.25) is 9.69 Å². The molecular formula is C29H33IN2O5. The monoisotopic (exact) mass is 616 g/mol. The summed E-state index contributed by atoms with van der Waals surface area (Å²) in [7, 11) is 1.53. The summed E-state index contributed by atoms with van der Waals surface area (Å²) in [5, 5.41) is 38.0. The van der Waals surface area contributed by atoms with E-state index in [1.807, 2.05) is 37.3 Å². The highest BCUT2D eigenvalue weighted by molar-refractivity contribution is 14.1. The average molecular weight is 616 g/mol. The van der Waals surface area contributed by atoms with Crippen LogP contribution in [0.1, 0.15) is 42.4 Å². The lowest BCUT2D eigenvalue weighted by atomic mass is 9.49. The molecule has 4 atom stereocenters. The number of benzene rings is 2. The van der Waals surface area contributed by atoms with E-state index in [1.54, 1.807) is 6.07 Å². The third-order valence-corrected chi connectivity index (χ3v) is 10.7. The largest absolute Gasteiger partial charge is 0.511 e. The molecule has 6 rings (SSSR count). The number of hydrogen-bond acceptors (Lipinski definition) is 6. The predicted octanol–water partition coefficient (Wildman–Crippen LogP) is 4.38. The lowest BCUT2D eigenvalue weighted by molar-refractivity contribution is -0.153. The maximum Gasteiger partial charge on any atom is 0.255 e. The molecule has 3 aliphatic carbocycles. The third-order valence-electron chi connectivity index (χ3n) is 9.05. The molecule has 4 N–H and O–H groups in total. The van der Waals surface area contributed by atoms with Gasteiger partial charge in [0.2, 0.25) is 0 Å². The van der Waals surface area contributed by atoms with E-state index in [-0.39, 0.29) is 29.5 Å². The van der Waals surface area contributed by atoms with Gasteiger partial charge in [0, 0.05) is 30.3 Å². The van der Waals surface area contributed by atoms with Crippen LogP contribution in [0.5, 0.6) is 11.5 Å². The minimum absolute atomic E-state index is 0.0116. The van der Waals surface area contributed by atoms with Crippen LogP contribution in [0.3, 0.4) is 0 Å². The van der Waals surface area contributed by atoms with Crippen LogP contribution in [0.4, 0.5) is 5.69 Å². The standard InChI is InChI=1S/C29H33IN2O5/c1-16-3-8-19(9-4-16)31-27(35)20-14-29(36)22-13-18-7-10-21(33)25(37-2)23(18)28(29,26(30)24(20)34)11-12-32(22)15-17-5-6-17/h3-4,7-10,17,22,26,33-34,36H,5-6,11-15H2,1-2H3,(H,31,35)/t22-,26?,28+,29-/m1/s1. The Labute approximate surface area is 230 Å². The van der Waals surface area contributed by atoms with Gasteiger partial charge in [-0.1, -0.05) is 46.4 Å². The maximum atomic E-state index is 13.5. The summed E-state index contributed by atoms with van der Waals surface area (Å²) < 4.78 is 5.14. The van der Waals surface area contributed by atoms with Gasteiger partial charge in [0.05, 0.1) is 27.6 Å². The number of aryl methyl sites for hydroxylation is 1. The van der Waals surface area contributed by atoms with Crippen molar-refractivity contribution in [3.63, 3.8) is 0 Å². The number of amides is 1. The number of piperidine rings is 1. The van der Waals surface area contributed by atoms with Crippen LogP contribution in [0, 0.1) is 12.8 Å². The topological polar surface area (TPSA) is 102 Å². The van der Waals surface area contributed by atoms with E-state index in [1.165, 1.54) is 20.0 Å². The Morgan fingerprint density at radius 1 is 1.19 bits per heavy atom. The number of halogens is 1. The van der Waals surface area contributed by atoms with Crippen LogP contribution < -0.4 is 10.1 Å². The minimum Gasteiger partial charge on any atom is -0.511 e. The molecule has 1 amide bonds. The van der Waals surface area contributed by atoms with Gasteiger partial charge < -0.3 is 25.4 Å². The van der Waals surface area contributed by atoms with Crippen molar-refractivity contribution in [2.45, 2.75) is 60.0 Å². The van der Waals surface area contributed by atoms with Crippen molar-refractivity contribution in [3.8, 4) is 11.5 Å². The molecule has 2 fully saturated rings.